The molecule has 1 N–H and O–H groups in total. The summed E-state index contributed by atoms with van der Waals surface area (Å²) in [5, 5.41) is 12.5. The van der Waals surface area contributed by atoms with E-state index in [0.717, 1.165) is 12.0 Å². The zero-order valence-electron chi connectivity index (χ0n) is 17.9. The number of benzene rings is 1. The van der Waals surface area contributed by atoms with Gasteiger partial charge in [-0.3, -0.25) is 14.4 Å². The Morgan fingerprint density at radius 1 is 1.13 bits per heavy atom. The molecule has 1 atom stereocenters. The van der Waals surface area contributed by atoms with Gasteiger partial charge in [-0.15, -0.1) is 10.2 Å². The van der Waals surface area contributed by atoms with Gasteiger partial charge in [0.1, 0.15) is 5.01 Å². The van der Waals surface area contributed by atoms with Crippen molar-refractivity contribution < 1.29 is 19.1 Å². The summed E-state index contributed by atoms with van der Waals surface area (Å²) in [5.41, 5.74) is 0.859. The molecule has 0 saturated carbocycles. The summed E-state index contributed by atoms with van der Waals surface area (Å²) in [6.45, 7) is 6.15. The minimum Gasteiger partial charge on any atom is -0.466 e. The van der Waals surface area contributed by atoms with Crippen LogP contribution in [0.15, 0.2) is 24.3 Å². The summed E-state index contributed by atoms with van der Waals surface area (Å²) in [6, 6.07) is 7.15. The van der Waals surface area contributed by atoms with Gasteiger partial charge >= 0.3 is 5.97 Å². The van der Waals surface area contributed by atoms with Crippen molar-refractivity contribution in [3.63, 3.8) is 0 Å². The lowest BCUT2D eigenvalue weighted by Gasteiger charge is -2.28. The average Bonchev–Trinajstić information content (AvgIpc) is 3.21. The number of halogens is 1. The van der Waals surface area contributed by atoms with Crippen LogP contribution >= 0.6 is 22.9 Å². The molecular weight excluding hydrogens is 440 g/mol. The van der Waals surface area contributed by atoms with Crippen molar-refractivity contribution in [1.29, 1.82) is 0 Å². The maximum Gasteiger partial charge on any atom is 0.306 e. The fourth-order valence-corrected chi connectivity index (χ4v) is 3.67. The predicted molar refractivity (Wildman–Crippen MR) is 121 cm³/mol. The van der Waals surface area contributed by atoms with Crippen LogP contribution in [0.3, 0.4) is 0 Å². The van der Waals surface area contributed by atoms with E-state index in [-0.39, 0.29) is 50.3 Å². The summed E-state index contributed by atoms with van der Waals surface area (Å²) in [4.78, 5) is 38.1. The highest BCUT2D eigenvalue weighted by Crippen LogP contribution is 2.27. The lowest BCUT2D eigenvalue weighted by atomic mass is 10.1. The molecule has 2 amide bonds. The highest BCUT2D eigenvalue weighted by atomic mass is 35.5. The molecule has 1 aromatic carbocycles. The van der Waals surface area contributed by atoms with Crippen LogP contribution in [0.25, 0.3) is 10.6 Å². The van der Waals surface area contributed by atoms with Gasteiger partial charge in [0, 0.05) is 36.0 Å². The molecule has 0 aliphatic carbocycles. The van der Waals surface area contributed by atoms with E-state index in [1.165, 1.54) is 11.3 Å². The van der Waals surface area contributed by atoms with Crippen LogP contribution in [0.1, 0.15) is 46.5 Å². The molecule has 2 rings (SSSR count). The summed E-state index contributed by atoms with van der Waals surface area (Å²) >= 11 is 7.16. The van der Waals surface area contributed by atoms with Gasteiger partial charge in [-0.2, -0.15) is 0 Å². The number of nitrogens with one attached hydrogen (secondary N) is 1. The minimum absolute atomic E-state index is 0.0318. The quantitative estimate of drug-likeness (QED) is 0.499. The van der Waals surface area contributed by atoms with Crippen molar-refractivity contribution in [2.24, 2.45) is 0 Å². The molecule has 1 heterocycles. The van der Waals surface area contributed by atoms with E-state index in [1.54, 1.807) is 24.0 Å². The molecule has 0 aliphatic rings. The minimum atomic E-state index is -0.398. The van der Waals surface area contributed by atoms with Gasteiger partial charge in [0.25, 0.3) is 0 Å². The molecule has 8 nitrogen and oxygen atoms in total. The third-order valence-electron chi connectivity index (χ3n) is 4.63. The maximum absolute atomic E-state index is 12.6. The molecule has 0 aliphatic heterocycles. The Labute approximate surface area is 190 Å². The second-order valence-electron chi connectivity index (χ2n) is 6.87. The molecule has 0 unspecified atom stereocenters. The fraction of sp³-hybridized carbons (Fsp3) is 0.476. The van der Waals surface area contributed by atoms with E-state index in [0.29, 0.717) is 15.2 Å². The van der Waals surface area contributed by atoms with Gasteiger partial charge in [0.15, 0.2) is 0 Å². The average molecular weight is 467 g/mol. The number of esters is 1. The SMILES string of the molecule is CCOC(=O)CCC(=O)N(CCC(=O)Nc1nnc(-c2ccc(Cl)cc2)s1)[C@@H](C)CC. The van der Waals surface area contributed by atoms with Crippen molar-refractivity contribution in [2.75, 3.05) is 18.5 Å². The summed E-state index contributed by atoms with van der Waals surface area (Å²) in [5.74, 6) is -0.827. The highest BCUT2D eigenvalue weighted by Gasteiger charge is 2.21. The zero-order chi connectivity index (χ0) is 22.8. The maximum atomic E-state index is 12.6. The van der Waals surface area contributed by atoms with Gasteiger partial charge < -0.3 is 15.0 Å². The van der Waals surface area contributed by atoms with E-state index in [4.69, 9.17) is 16.3 Å². The van der Waals surface area contributed by atoms with Crippen LogP contribution in [0, 0.1) is 0 Å². The topological polar surface area (TPSA) is 101 Å². The van der Waals surface area contributed by atoms with Crippen LogP contribution in [-0.4, -0.2) is 52.1 Å². The first-order chi connectivity index (χ1) is 14.8. The zero-order valence-corrected chi connectivity index (χ0v) is 19.5. The molecule has 0 bridgehead atoms. The fourth-order valence-electron chi connectivity index (χ4n) is 2.78. The third kappa shape index (κ3) is 7.91. The van der Waals surface area contributed by atoms with Crippen LogP contribution in [0.2, 0.25) is 5.02 Å². The molecule has 0 spiro atoms. The lowest BCUT2D eigenvalue weighted by Crippen LogP contribution is -2.40. The van der Waals surface area contributed by atoms with E-state index in [2.05, 4.69) is 15.5 Å². The third-order valence-corrected chi connectivity index (χ3v) is 5.77. The molecule has 1 aromatic heterocycles. The number of rotatable bonds is 11. The molecule has 2 aromatic rings. The van der Waals surface area contributed by atoms with Gasteiger partial charge in [0.2, 0.25) is 16.9 Å². The van der Waals surface area contributed by atoms with Crippen molar-refractivity contribution in [2.45, 2.75) is 52.5 Å². The predicted octanol–water partition coefficient (Wildman–Crippen LogP) is 4.16. The van der Waals surface area contributed by atoms with E-state index in [1.807, 2.05) is 26.0 Å². The van der Waals surface area contributed by atoms with Crippen LogP contribution in [0.5, 0.6) is 0 Å². The van der Waals surface area contributed by atoms with Crippen LogP contribution in [-0.2, 0) is 19.1 Å². The number of carbonyl (C=O) groups excluding carboxylic acids is 3. The van der Waals surface area contributed by atoms with Crippen molar-refractivity contribution >= 4 is 45.9 Å². The molecule has 10 heteroatoms. The normalized spacial score (nSPS) is 11.6. The Balaban J connectivity index is 1.90. The Morgan fingerprint density at radius 2 is 1.84 bits per heavy atom. The Bertz CT molecular complexity index is 888. The lowest BCUT2D eigenvalue weighted by molar-refractivity contribution is -0.146. The van der Waals surface area contributed by atoms with Crippen molar-refractivity contribution in [1.82, 2.24) is 15.1 Å². The Hall–Kier alpha value is -2.52. The largest absolute Gasteiger partial charge is 0.466 e. The molecule has 168 valence electrons. The summed E-state index contributed by atoms with van der Waals surface area (Å²) in [6.07, 6.45) is 0.953. The standard InChI is InChI=1S/C21H27ClN4O4S/c1-4-14(3)26(18(28)10-11-19(29)30-5-2)13-12-17(27)23-21-25-24-20(31-21)15-6-8-16(22)9-7-15/h6-9,14H,4-5,10-13H2,1-3H3,(H,23,25,27)/t14-/m0/s1. The van der Waals surface area contributed by atoms with Crippen LogP contribution in [0.4, 0.5) is 5.13 Å². The van der Waals surface area contributed by atoms with E-state index in [9.17, 15) is 14.4 Å². The van der Waals surface area contributed by atoms with Crippen molar-refractivity contribution in [3.05, 3.63) is 29.3 Å². The molecular formula is C21H27ClN4O4S. The van der Waals surface area contributed by atoms with Crippen LogP contribution < -0.4 is 5.32 Å². The number of hydrogen-bond acceptors (Lipinski definition) is 7. The van der Waals surface area contributed by atoms with Gasteiger partial charge in [-0.1, -0.05) is 42.0 Å². The Kier molecular flexibility index (Phi) is 9.87. The first-order valence-corrected chi connectivity index (χ1v) is 11.4. The second-order valence-corrected chi connectivity index (χ2v) is 8.28. The number of amides is 2. The Morgan fingerprint density at radius 3 is 2.48 bits per heavy atom. The number of ether oxygens (including phenoxy) is 1. The number of carbonyl (C=O) groups is 3. The van der Waals surface area contributed by atoms with Crippen molar-refractivity contribution in [3.8, 4) is 10.6 Å². The molecule has 0 radical (unpaired) electrons. The number of anilines is 1. The monoisotopic (exact) mass is 466 g/mol. The smallest absolute Gasteiger partial charge is 0.306 e. The number of aromatic nitrogens is 2. The number of nitrogens with zero attached hydrogens (tertiary/aromatic N) is 3. The molecule has 0 saturated heterocycles. The van der Waals surface area contributed by atoms with E-state index < -0.39 is 5.97 Å². The number of hydrogen-bond donors (Lipinski definition) is 1. The molecule has 31 heavy (non-hydrogen) atoms. The second kappa shape index (κ2) is 12.4. The molecule has 0 fully saturated rings. The van der Waals surface area contributed by atoms with Gasteiger partial charge in [-0.05, 0) is 32.4 Å². The van der Waals surface area contributed by atoms with Gasteiger partial charge in [0.05, 0.1) is 13.0 Å². The first kappa shape index (κ1) is 24.7. The summed E-state index contributed by atoms with van der Waals surface area (Å²) in [7, 11) is 0. The van der Waals surface area contributed by atoms with E-state index >= 15 is 0 Å². The highest BCUT2D eigenvalue weighted by molar-refractivity contribution is 7.18. The first-order valence-electron chi connectivity index (χ1n) is 10.2. The summed E-state index contributed by atoms with van der Waals surface area (Å²) < 4.78 is 4.87. The van der Waals surface area contributed by atoms with Gasteiger partial charge in [-0.25, -0.2) is 0 Å².